The quantitative estimate of drug-likeness (QED) is 0.829. The lowest BCUT2D eigenvalue weighted by Gasteiger charge is -2.20. The van der Waals surface area contributed by atoms with Gasteiger partial charge in [-0.15, -0.1) is 0 Å². The molecule has 1 aromatic carbocycles. The predicted molar refractivity (Wildman–Crippen MR) is 77.0 cm³/mol. The van der Waals surface area contributed by atoms with Crippen molar-refractivity contribution in [1.29, 1.82) is 0 Å². The summed E-state index contributed by atoms with van der Waals surface area (Å²) in [5.41, 5.74) is 6.80. The average Bonchev–Trinajstić information content (AvgIpc) is 2.38. The van der Waals surface area contributed by atoms with Crippen molar-refractivity contribution in [1.82, 2.24) is 5.32 Å². The van der Waals surface area contributed by atoms with Crippen LogP contribution in [-0.2, 0) is 4.79 Å². The third kappa shape index (κ3) is 4.56. The second-order valence-electron chi connectivity index (χ2n) is 4.90. The van der Waals surface area contributed by atoms with Crippen LogP contribution in [0.3, 0.4) is 0 Å². The molecule has 0 heterocycles. The number of para-hydroxylation sites is 1. The van der Waals surface area contributed by atoms with E-state index in [-0.39, 0.29) is 18.0 Å². The van der Waals surface area contributed by atoms with Gasteiger partial charge in [0.05, 0.1) is 0 Å². The summed E-state index contributed by atoms with van der Waals surface area (Å²) in [6.45, 7) is 7.64. The molecule has 0 bridgehead atoms. The molecular weight excluding hydrogens is 240 g/mol. The Morgan fingerprint density at radius 2 is 1.95 bits per heavy atom. The van der Waals surface area contributed by atoms with Crippen LogP contribution < -0.4 is 15.8 Å². The van der Waals surface area contributed by atoms with Crippen LogP contribution >= 0.6 is 0 Å². The minimum Gasteiger partial charge on any atom is -0.481 e. The molecule has 1 amide bonds. The molecule has 1 rings (SSSR count). The van der Waals surface area contributed by atoms with E-state index in [1.54, 1.807) is 6.92 Å². The van der Waals surface area contributed by atoms with Crippen molar-refractivity contribution in [3.8, 4) is 5.75 Å². The second-order valence-corrected chi connectivity index (χ2v) is 4.90. The van der Waals surface area contributed by atoms with Crippen LogP contribution in [0, 0.1) is 0 Å². The van der Waals surface area contributed by atoms with Crippen LogP contribution in [0.4, 0.5) is 0 Å². The first-order chi connectivity index (χ1) is 8.95. The maximum absolute atomic E-state index is 11.9. The summed E-state index contributed by atoms with van der Waals surface area (Å²) >= 11 is 0. The number of ether oxygens (including phenoxy) is 1. The van der Waals surface area contributed by atoms with Gasteiger partial charge in [0, 0.05) is 17.6 Å². The monoisotopic (exact) mass is 264 g/mol. The molecule has 1 aromatic rings. The third-order valence-corrected chi connectivity index (χ3v) is 3.08. The molecule has 0 aliphatic heterocycles. The van der Waals surface area contributed by atoms with E-state index in [0.717, 1.165) is 12.0 Å². The fraction of sp³-hybridized carbons (Fsp3) is 0.533. The van der Waals surface area contributed by atoms with Crippen LogP contribution in [0.25, 0.3) is 0 Å². The van der Waals surface area contributed by atoms with E-state index in [0.29, 0.717) is 5.75 Å². The largest absolute Gasteiger partial charge is 0.481 e. The molecule has 106 valence electrons. The molecule has 0 radical (unpaired) electrons. The SMILES string of the molecule is CCC(C)NC(=O)C(C)Oc1ccccc1[C@H](C)N. The Hall–Kier alpha value is -1.55. The van der Waals surface area contributed by atoms with E-state index in [9.17, 15) is 4.79 Å². The zero-order chi connectivity index (χ0) is 14.4. The molecular formula is C15H24N2O2. The third-order valence-electron chi connectivity index (χ3n) is 3.08. The van der Waals surface area contributed by atoms with Crippen molar-refractivity contribution >= 4 is 5.91 Å². The van der Waals surface area contributed by atoms with Gasteiger partial charge in [0.2, 0.25) is 0 Å². The van der Waals surface area contributed by atoms with Gasteiger partial charge in [-0.1, -0.05) is 25.1 Å². The van der Waals surface area contributed by atoms with E-state index in [1.165, 1.54) is 0 Å². The zero-order valence-corrected chi connectivity index (χ0v) is 12.1. The Morgan fingerprint density at radius 1 is 1.32 bits per heavy atom. The van der Waals surface area contributed by atoms with Crippen LogP contribution in [0.5, 0.6) is 5.75 Å². The Balaban J connectivity index is 2.71. The smallest absolute Gasteiger partial charge is 0.260 e. The van der Waals surface area contributed by atoms with Gasteiger partial charge in [-0.05, 0) is 33.3 Å². The summed E-state index contributed by atoms with van der Waals surface area (Å²) in [7, 11) is 0. The van der Waals surface area contributed by atoms with E-state index < -0.39 is 6.10 Å². The summed E-state index contributed by atoms with van der Waals surface area (Å²) in [5.74, 6) is 0.568. The molecule has 3 N–H and O–H groups in total. The molecule has 3 atom stereocenters. The molecule has 0 aliphatic carbocycles. The van der Waals surface area contributed by atoms with E-state index in [1.807, 2.05) is 45.0 Å². The molecule has 2 unspecified atom stereocenters. The number of carbonyl (C=O) groups is 1. The Labute approximate surface area is 115 Å². The summed E-state index contributed by atoms with van der Waals surface area (Å²) in [5, 5.41) is 2.90. The lowest BCUT2D eigenvalue weighted by Crippen LogP contribution is -2.41. The van der Waals surface area contributed by atoms with Crippen LogP contribution in [0.1, 0.15) is 45.7 Å². The maximum Gasteiger partial charge on any atom is 0.260 e. The van der Waals surface area contributed by atoms with Gasteiger partial charge in [0.15, 0.2) is 6.10 Å². The number of hydrogen-bond acceptors (Lipinski definition) is 3. The van der Waals surface area contributed by atoms with Crippen molar-refractivity contribution < 1.29 is 9.53 Å². The Bertz CT molecular complexity index is 418. The molecule has 4 nitrogen and oxygen atoms in total. The highest BCUT2D eigenvalue weighted by Crippen LogP contribution is 2.24. The molecule has 0 spiro atoms. The predicted octanol–water partition coefficient (Wildman–Crippen LogP) is 2.39. The highest BCUT2D eigenvalue weighted by molar-refractivity contribution is 5.81. The van der Waals surface area contributed by atoms with Crippen molar-refractivity contribution in [2.75, 3.05) is 0 Å². The number of carbonyl (C=O) groups excluding carboxylic acids is 1. The van der Waals surface area contributed by atoms with Crippen molar-refractivity contribution in [3.63, 3.8) is 0 Å². The van der Waals surface area contributed by atoms with Crippen LogP contribution in [-0.4, -0.2) is 18.1 Å². The fourth-order valence-corrected chi connectivity index (χ4v) is 1.67. The average molecular weight is 264 g/mol. The van der Waals surface area contributed by atoms with Gasteiger partial charge in [-0.3, -0.25) is 4.79 Å². The lowest BCUT2D eigenvalue weighted by molar-refractivity contribution is -0.127. The number of nitrogens with one attached hydrogen (secondary N) is 1. The summed E-state index contributed by atoms with van der Waals surface area (Å²) in [6, 6.07) is 7.57. The summed E-state index contributed by atoms with van der Waals surface area (Å²) < 4.78 is 5.72. The maximum atomic E-state index is 11.9. The van der Waals surface area contributed by atoms with E-state index in [4.69, 9.17) is 10.5 Å². The topological polar surface area (TPSA) is 64.3 Å². The first-order valence-electron chi connectivity index (χ1n) is 6.77. The lowest BCUT2D eigenvalue weighted by atomic mass is 10.1. The molecule has 19 heavy (non-hydrogen) atoms. The van der Waals surface area contributed by atoms with Crippen molar-refractivity contribution in [2.45, 2.75) is 52.3 Å². The van der Waals surface area contributed by atoms with Gasteiger partial charge in [-0.25, -0.2) is 0 Å². The summed E-state index contributed by atoms with van der Waals surface area (Å²) in [6.07, 6.45) is 0.364. The minimum absolute atomic E-state index is 0.103. The minimum atomic E-state index is -0.533. The van der Waals surface area contributed by atoms with Crippen LogP contribution in [0.2, 0.25) is 0 Å². The normalized spacial score (nSPS) is 15.4. The number of benzene rings is 1. The molecule has 0 fully saturated rings. The van der Waals surface area contributed by atoms with Gasteiger partial charge in [0.25, 0.3) is 5.91 Å². The molecule has 0 saturated heterocycles. The molecule has 0 aromatic heterocycles. The molecule has 4 heteroatoms. The number of hydrogen-bond donors (Lipinski definition) is 2. The van der Waals surface area contributed by atoms with Gasteiger partial charge < -0.3 is 15.8 Å². The highest BCUT2D eigenvalue weighted by Gasteiger charge is 2.18. The molecule has 0 saturated carbocycles. The van der Waals surface area contributed by atoms with Gasteiger partial charge >= 0.3 is 0 Å². The van der Waals surface area contributed by atoms with E-state index in [2.05, 4.69) is 5.32 Å². The molecule has 0 aliphatic rings. The first-order valence-corrected chi connectivity index (χ1v) is 6.77. The Morgan fingerprint density at radius 3 is 2.53 bits per heavy atom. The van der Waals surface area contributed by atoms with Crippen LogP contribution in [0.15, 0.2) is 24.3 Å². The second kappa shape index (κ2) is 7.14. The van der Waals surface area contributed by atoms with Gasteiger partial charge in [-0.2, -0.15) is 0 Å². The van der Waals surface area contributed by atoms with Gasteiger partial charge in [0.1, 0.15) is 5.75 Å². The van der Waals surface area contributed by atoms with E-state index >= 15 is 0 Å². The number of rotatable bonds is 6. The number of amides is 1. The van der Waals surface area contributed by atoms with Crippen molar-refractivity contribution in [2.24, 2.45) is 5.73 Å². The standard InChI is InChI=1S/C15H24N2O2/c1-5-10(2)17-15(18)12(4)19-14-9-7-6-8-13(14)11(3)16/h6-12H,5,16H2,1-4H3,(H,17,18)/t10?,11-,12?/m0/s1. The number of nitrogens with two attached hydrogens (primary N) is 1. The first kappa shape index (κ1) is 15.5. The van der Waals surface area contributed by atoms with Crippen molar-refractivity contribution in [3.05, 3.63) is 29.8 Å². The zero-order valence-electron chi connectivity index (χ0n) is 12.1. The summed E-state index contributed by atoms with van der Waals surface area (Å²) in [4.78, 5) is 11.9. The highest BCUT2D eigenvalue weighted by atomic mass is 16.5. The Kier molecular flexibility index (Phi) is 5.83. The fourth-order valence-electron chi connectivity index (χ4n) is 1.67.